The maximum atomic E-state index is 14.7. The average molecular weight is 1050 g/mol. The molecule has 13 aromatic rings. The highest BCUT2D eigenvalue weighted by Gasteiger charge is 2.26. The van der Waals surface area contributed by atoms with Crippen molar-refractivity contribution < 1.29 is 13.9 Å². The summed E-state index contributed by atoms with van der Waals surface area (Å²) in [5.74, 6) is 0.273. The molecular weight excluding hydrogens is 1010 g/mol. The number of nitrogens with one attached hydrogen (secondary N) is 3. The van der Waals surface area contributed by atoms with E-state index in [2.05, 4.69) is 25.4 Å². The Bertz CT molecular complexity index is 4990. The van der Waals surface area contributed by atoms with Crippen molar-refractivity contribution in [2.45, 2.75) is 6.54 Å². The molecule has 0 bridgehead atoms. The van der Waals surface area contributed by atoms with E-state index in [1.54, 1.807) is 71.6 Å². The number of carbonyl (C=O) groups excluding carboxylic acids is 1. The number of halogens is 2. The number of pyridine rings is 2. The van der Waals surface area contributed by atoms with Crippen LogP contribution in [-0.4, -0.2) is 35.1 Å². The lowest BCUT2D eigenvalue weighted by Crippen LogP contribution is -2.37. The van der Waals surface area contributed by atoms with Crippen LogP contribution >= 0.6 is 23.2 Å². The highest BCUT2D eigenvalue weighted by Crippen LogP contribution is 2.41. The molecule has 16 heteroatoms. The smallest absolute Gasteiger partial charge is 0.348 e. The first-order chi connectivity index (χ1) is 37.6. The van der Waals surface area contributed by atoms with Gasteiger partial charge in [-0.25, -0.2) is 18.7 Å². The van der Waals surface area contributed by atoms with Crippen LogP contribution in [0.15, 0.2) is 206 Å². The van der Waals surface area contributed by atoms with Gasteiger partial charge in [0.1, 0.15) is 23.5 Å². The van der Waals surface area contributed by atoms with Crippen LogP contribution < -0.4 is 32.4 Å². The third kappa shape index (κ3) is 7.33. The summed E-state index contributed by atoms with van der Waals surface area (Å²) in [5, 5.41) is 12.3. The SMILES string of the molecule is O=C1NCc2cc(-c3cccc(Cl)c3-c3ccc4c(=O)n(-c5c[n+](-c6noc7ccc(-c8cccc(Cl)c8-c8ccc9c(=O)n(-c%10cncc%11ccccc%10%11)c(=O)[nH]c9c8)cc67)cc6ccccc56)c(=O)[nH]c4c3)ccc21. The second kappa shape index (κ2) is 17.6. The van der Waals surface area contributed by atoms with Crippen LogP contribution in [0, 0.1) is 0 Å². The molecule has 1 amide bonds. The van der Waals surface area contributed by atoms with Gasteiger partial charge in [0.05, 0.1) is 33.7 Å². The van der Waals surface area contributed by atoms with Gasteiger partial charge in [-0.1, -0.05) is 120 Å². The number of H-pyrrole nitrogens is 2. The zero-order valence-corrected chi connectivity index (χ0v) is 41.5. The number of amides is 1. The normalized spacial score (nSPS) is 12.3. The molecule has 368 valence electrons. The molecule has 5 aromatic heterocycles. The van der Waals surface area contributed by atoms with Gasteiger partial charge < -0.3 is 15.3 Å². The molecule has 0 saturated heterocycles. The van der Waals surface area contributed by atoms with E-state index in [1.165, 1.54) is 6.20 Å². The first-order valence-corrected chi connectivity index (χ1v) is 25.1. The molecule has 0 aliphatic carbocycles. The number of aromatic nitrogens is 7. The van der Waals surface area contributed by atoms with Gasteiger partial charge in [-0.2, -0.15) is 4.57 Å². The van der Waals surface area contributed by atoms with Gasteiger partial charge >= 0.3 is 17.2 Å². The summed E-state index contributed by atoms with van der Waals surface area (Å²) in [6, 6.07) is 47.8. The quantitative estimate of drug-likeness (QED) is 0.132. The Morgan fingerprint density at radius 3 is 1.77 bits per heavy atom. The zero-order chi connectivity index (χ0) is 52.2. The van der Waals surface area contributed by atoms with Gasteiger partial charge in [0, 0.05) is 61.0 Å². The van der Waals surface area contributed by atoms with Crippen molar-refractivity contribution in [2.24, 2.45) is 0 Å². The van der Waals surface area contributed by atoms with Crippen molar-refractivity contribution >= 4 is 83.4 Å². The maximum Gasteiger partial charge on any atom is 0.386 e. The Labute approximate surface area is 443 Å². The maximum absolute atomic E-state index is 14.7. The van der Waals surface area contributed by atoms with E-state index in [1.807, 2.05) is 109 Å². The minimum Gasteiger partial charge on any atom is -0.348 e. The molecule has 0 spiro atoms. The number of carbonyl (C=O) groups is 1. The van der Waals surface area contributed by atoms with Crippen molar-refractivity contribution in [2.75, 3.05) is 0 Å². The van der Waals surface area contributed by atoms with E-state index in [9.17, 15) is 24.0 Å². The topological polar surface area (TPSA) is 182 Å². The van der Waals surface area contributed by atoms with Crippen LogP contribution in [-0.2, 0) is 6.54 Å². The van der Waals surface area contributed by atoms with Crippen LogP contribution in [0.5, 0.6) is 0 Å². The number of aromatic amines is 2. The fourth-order valence-corrected chi connectivity index (χ4v) is 11.4. The van der Waals surface area contributed by atoms with E-state index in [0.29, 0.717) is 105 Å². The first kappa shape index (κ1) is 45.6. The van der Waals surface area contributed by atoms with Crippen LogP contribution in [0.4, 0.5) is 0 Å². The molecule has 1 aliphatic heterocycles. The monoisotopic (exact) mass is 1050 g/mol. The van der Waals surface area contributed by atoms with Gasteiger partial charge in [-0.3, -0.25) is 23.9 Å². The van der Waals surface area contributed by atoms with E-state index in [0.717, 1.165) is 42.3 Å². The van der Waals surface area contributed by atoms with E-state index in [4.69, 9.17) is 27.7 Å². The number of benzene rings is 8. The van der Waals surface area contributed by atoms with E-state index >= 15 is 0 Å². The number of hydrogen-bond acceptors (Lipinski definition) is 8. The number of rotatable bonds is 7. The van der Waals surface area contributed by atoms with Crippen molar-refractivity contribution in [3.63, 3.8) is 0 Å². The summed E-state index contributed by atoms with van der Waals surface area (Å²) in [4.78, 5) is 79.5. The van der Waals surface area contributed by atoms with Crippen molar-refractivity contribution in [3.05, 3.63) is 245 Å². The summed E-state index contributed by atoms with van der Waals surface area (Å²) < 4.78 is 9.88. The van der Waals surface area contributed by atoms with Crippen LogP contribution in [0.1, 0.15) is 15.9 Å². The van der Waals surface area contributed by atoms with E-state index < -0.39 is 22.5 Å². The number of nitrogens with zero attached hydrogens (tertiary/aromatic N) is 5. The Balaban J connectivity index is 0.854. The molecule has 0 radical (unpaired) electrons. The first-order valence-electron chi connectivity index (χ1n) is 24.3. The Morgan fingerprint density at radius 2 is 1.09 bits per heavy atom. The number of hydrogen-bond donors (Lipinski definition) is 3. The Kier molecular flexibility index (Phi) is 10.4. The highest BCUT2D eigenvalue weighted by atomic mass is 35.5. The predicted octanol–water partition coefficient (Wildman–Crippen LogP) is 11.0. The fourth-order valence-electron chi connectivity index (χ4n) is 10.8. The minimum absolute atomic E-state index is 0.112. The summed E-state index contributed by atoms with van der Waals surface area (Å²) >= 11 is 14.0. The molecule has 3 N–H and O–H groups in total. The van der Waals surface area contributed by atoms with Crippen LogP contribution in [0.2, 0.25) is 10.0 Å². The lowest BCUT2D eigenvalue weighted by atomic mass is 9.92. The molecule has 0 saturated carbocycles. The number of fused-ring (bicyclic) bond motifs is 6. The van der Waals surface area contributed by atoms with Crippen LogP contribution in [0.3, 0.4) is 0 Å². The Morgan fingerprint density at radius 1 is 0.506 bits per heavy atom. The molecule has 0 atom stereocenters. The van der Waals surface area contributed by atoms with Crippen molar-refractivity contribution in [3.8, 4) is 61.7 Å². The second-order valence-electron chi connectivity index (χ2n) is 18.8. The fraction of sp³-hybridized carbons (Fsp3) is 0.0164. The summed E-state index contributed by atoms with van der Waals surface area (Å²) in [6.45, 7) is 0.430. The van der Waals surface area contributed by atoms with Gasteiger partial charge in [0.15, 0.2) is 5.16 Å². The standard InChI is InChI=1S/C61H34Cl2N8O6/c62-47-13-5-11-41(32-15-19-43-38(23-32)28-65-57(43)72)54(47)34-17-21-45-50(25-34)67-61(76)71(59(45)74)52-31-69(30-37-8-2-4-10-40(37)52)56-46-24-33(18-22-53(46)77-68-56)42-12-6-14-48(63)55(42)35-16-20-44-49(26-35)66-60(75)70(58(44)73)51-29-64-27-36-7-1-3-9-39(36)51/h1-27,29-31H,28H2,(H2-,65,66,67,72,73,74,75,76)/p+1. The van der Waals surface area contributed by atoms with Gasteiger partial charge in [0.2, 0.25) is 5.58 Å². The molecule has 8 aromatic carbocycles. The third-order valence-corrected chi connectivity index (χ3v) is 15.0. The van der Waals surface area contributed by atoms with Gasteiger partial charge in [-0.15, -0.1) is 0 Å². The third-order valence-electron chi connectivity index (χ3n) is 14.4. The largest absolute Gasteiger partial charge is 0.386 e. The summed E-state index contributed by atoms with van der Waals surface area (Å²) in [7, 11) is 0. The molecule has 0 fully saturated rings. The van der Waals surface area contributed by atoms with E-state index in [-0.39, 0.29) is 11.3 Å². The molecule has 0 unspecified atom stereocenters. The molecule has 77 heavy (non-hydrogen) atoms. The zero-order valence-electron chi connectivity index (χ0n) is 40.0. The lowest BCUT2D eigenvalue weighted by molar-refractivity contribution is -0.597. The molecule has 14 rings (SSSR count). The highest BCUT2D eigenvalue weighted by molar-refractivity contribution is 6.34. The van der Waals surface area contributed by atoms with Crippen molar-refractivity contribution in [1.29, 1.82) is 0 Å². The second-order valence-corrected chi connectivity index (χ2v) is 19.6. The average Bonchev–Trinajstić information content (AvgIpc) is 4.10. The predicted molar refractivity (Wildman–Crippen MR) is 299 cm³/mol. The van der Waals surface area contributed by atoms with Crippen LogP contribution in [0.25, 0.3) is 116 Å². The molecule has 14 nitrogen and oxygen atoms in total. The van der Waals surface area contributed by atoms with Gasteiger partial charge in [-0.05, 0) is 99.6 Å². The Hall–Kier alpha value is -10.0. The lowest BCUT2D eigenvalue weighted by Gasteiger charge is -2.14. The van der Waals surface area contributed by atoms with Crippen molar-refractivity contribution in [1.82, 2.24) is 34.6 Å². The molecular formula is C61H35Cl2N8O6+. The minimum atomic E-state index is -0.663. The molecule has 6 heterocycles. The molecule has 1 aliphatic rings. The van der Waals surface area contributed by atoms with Gasteiger partial charge in [0.25, 0.3) is 17.0 Å². The summed E-state index contributed by atoms with van der Waals surface area (Å²) in [5.41, 5.74) is 6.88. The summed E-state index contributed by atoms with van der Waals surface area (Å²) in [6.07, 6.45) is 6.73.